The predicted octanol–water partition coefficient (Wildman–Crippen LogP) is 6.53. The van der Waals surface area contributed by atoms with Crippen molar-refractivity contribution in [1.29, 1.82) is 0 Å². The second-order valence-electron chi connectivity index (χ2n) is 7.58. The molecule has 1 aromatic heterocycles. The Morgan fingerprint density at radius 2 is 1.73 bits per heavy atom. The standard InChI is InChI=1S/C16H20F3IN3O3P.3C2H6/c1-7(9-5-10(16(17,18)19)21-23(9)27-20)13(24)22-6-8-11(15(8,2)3)12(22)14(25)26-4;3*1-2/h5,7-8,11-12,27H,6H2,1-4H3;3*1-2H3/t7?,8?,11?,12-;;;/m0.../s1. The maximum absolute atomic E-state index is 13.1. The molecule has 0 aromatic carbocycles. The fraction of sp³-hybridized carbons (Fsp3) is 0.773. The van der Waals surface area contributed by atoms with Crippen LogP contribution in [0, 0.1) is 17.3 Å². The van der Waals surface area contributed by atoms with Gasteiger partial charge in [-0.25, -0.2) is 9.25 Å². The average Bonchev–Trinajstić information content (AvgIpc) is 3.22. The lowest BCUT2D eigenvalue weighted by Crippen LogP contribution is -2.47. The first kappa shape index (κ1) is 32.1. The van der Waals surface area contributed by atoms with Crippen molar-refractivity contribution in [3.8, 4) is 0 Å². The van der Waals surface area contributed by atoms with Crippen LogP contribution in [0.5, 0.6) is 0 Å². The van der Waals surface area contributed by atoms with Gasteiger partial charge in [0, 0.05) is 12.5 Å². The van der Waals surface area contributed by atoms with Crippen LogP contribution in [0.3, 0.4) is 0 Å². The van der Waals surface area contributed by atoms with Crippen LogP contribution in [0.2, 0.25) is 0 Å². The number of piperidine rings is 1. The normalized spacial score (nSPS) is 23.2. The van der Waals surface area contributed by atoms with E-state index in [9.17, 15) is 22.8 Å². The summed E-state index contributed by atoms with van der Waals surface area (Å²) in [6, 6.07) is 0.229. The van der Waals surface area contributed by atoms with Crippen molar-refractivity contribution < 1.29 is 27.5 Å². The van der Waals surface area contributed by atoms with E-state index in [1.54, 1.807) is 6.92 Å². The van der Waals surface area contributed by atoms with Crippen molar-refractivity contribution in [3.05, 3.63) is 17.5 Å². The zero-order valence-electron chi connectivity index (χ0n) is 21.2. The number of likely N-dealkylation sites (tertiary alicyclic amines) is 1. The number of hydrogen-bond acceptors (Lipinski definition) is 4. The lowest BCUT2D eigenvalue weighted by Gasteiger charge is -2.31. The van der Waals surface area contributed by atoms with Gasteiger partial charge in [0.2, 0.25) is 5.91 Å². The molecule has 1 saturated heterocycles. The van der Waals surface area contributed by atoms with Gasteiger partial charge in [-0.05, 0) is 46.4 Å². The first-order valence-electron chi connectivity index (χ1n) is 11.4. The monoisotopic (exact) mass is 607 g/mol. The number of aromatic nitrogens is 2. The van der Waals surface area contributed by atoms with Gasteiger partial charge in [-0.2, -0.15) is 18.3 Å². The molecule has 3 rings (SSSR count). The van der Waals surface area contributed by atoms with E-state index in [2.05, 4.69) is 5.10 Å². The highest BCUT2D eigenvalue weighted by Crippen LogP contribution is 2.65. The Hall–Kier alpha value is -0.900. The molecule has 0 N–H and O–H groups in total. The fourth-order valence-corrected chi connectivity index (χ4v) is 5.85. The summed E-state index contributed by atoms with van der Waals surface area (Å²) >= 11 is 1.92. The highest BCUT2D eigenvalue weighted by Gasteiger charge is 2.70. The molecule has 5 atom stereocenters. The third-order valence-electron chi connectivity index (χ3n) is 5.86. The number of esters is 1. The third kappa shape index (κ3) is 6.61. The first-order chi connectivity index (χ1) is 15.4. The van der Waals surface area contributed by atoms with Gasteiger partial charge >= 0.3 is 12.1 Å². The Labute approximate surface area is 210 Å². The smallest absolute Gasteiger partial charge is 0.435 e. The van der Waals surface area contributed by atoms with Crippen LogP contribution in [0.4, 0.5) is 13.2 Å². The maximum atomic E-state index is 13.1. The molecule has 0 bridgehead atoms. The Bertz CT molecular complexity index is 787. The zero-order chi connectivity index (χ0) is 26.3. The minimum atomic E-state index is -4.58. The van der Waals surface area contributed by atoms with Crippen molar-refractivity contribution in [2.24, 2.45) is 17.3 Å². The van der Waals surface area contributed by atoms with Gasteiger partial charge in [0.05, 0.1) is 25.1 Å². The Morgan fingerprint density at radius 1 is 1.21 bits per heavy atom. The number of methoxy groups -OCH3 is 1. The molecular weight excluding hydrogens is 569 g/mol. The van der Waals surface area contributed by atoms with Gasteiger partial charge in [-0.3, -0.25) is 4.79 Å². The molecule has 2 heterocycles. The lowest BCUT2D eigenvalue weighted by atomic mass is 9.98. The minimum absolute atomic E-state index is 0.0168. The SMILES string of the molecule is CC.CC.CC.COC(=O)[C@@H]1C2C(CN1C(=O)C(C)c1cc(C(F)(F)F)nn1PI)C2(C)C. The average molecular weight is 607 g/mol. The number of carbonyl (C=O) groups excluding carboxylic acids is 2. The molecule has 2 fully saturated rings. The number of rotatable bonds is 4. The highest BCUT2D eigenvalue weighted by atomic mass is 127. The summed E-state index contributed by atoms with van der Waals surface area (Å²) in [6.07, 6.45) is -4.65. The van der Waals surface area contributed by atoms with Gasteiger partial charge in [0.15, 0.2) is 5.69 Å². The molecular formula is C22H38F3IN3O3P. The van der Waals surface area contributed by atoms with Gasteiger partial charge in [-0.15, -0.1) is 0 Å². The van der Waals surface area contributed by atoms with Crippen molar-refractivity contribution in [2.75, 3.05) is 13.7 Å². The summed E-state index contributed by atoms with van der Waals surface area (Å²) in [5.74, 6) is -1.49. The molecule has 192 valence electrons. The molecule has 1 amide bonds. The zero-order valence-corrected chi connectivity index (χ0v) is 24.3. The summed E-state index contributed by atoms with van der Waals surface area (Å²) in [6.45, 7) is 18.1. The van der Waals surface area contributed by atoms with E-state index in [-0.39, 0.29) is 35.2 Å². The van der Waals surface area contributed by atoms with E-state index in [0.29, 0.717) is 6.54 Å². The van der Waals surface area contributed by atoms with E-state index in [1.165, 1.54) is 16.5 Å². The number of hydrogen-bond donors (Lipinski definition) is 0. The van der Waals surface area contributed by atoms with Gasteiger partial charge in [0.1, 0.15) is 6.04 Å². The summed E-state index contributed by atoms with van der Waals surface area (Å²) < 4.78 is 45.1. The van der Waals surface area contributed by atoms with E-state index in [4.69, 9.17) is 4.74 Å². The van der Waals surface area contributed by atoms with E-state index >= 15 is 0 Å². The Kier molecular flexibility index (Phi) is 12.9. The molecule has 4 unspecified atom stereocenters. The largest absolute Gasteiger partial charge is 0.467 e. The molecule has 1 aliphatic carbocycles. The second kappa shape index (κ2) is 13.3. The van der Waals surface area contributed by atoms with Crippen LogP contribution in [0.1, 0.15) is 79.6 Å². The van der Waals surface area contributed by atoms with Crippen LogP contribution in [-0.4, -0.2) is 46.0 Å². The van der Waals surface area contributed by atoms with Gasteiger partial charge in [0.25, 0.3) is 0 Å². The molecule has 33 heavy (non-hydrogen) atoms. The summed E-state index contributed by atoms with van der Waals surface area (Å²) in [7, 11) is 1.28. The molecule has 1 aromatic rings. The summed E-state index contributed by atoms with van der Waals surface area (Å²) in [4.78, 5) is 26.8. The molecule has 11 heteroatoms. The second-order valence-corrected chi connectivity index (χ2v) is 9.62. The molecule has 2 aliphatic rings. The Morgan fingerprint density at radius 3 is 2.15 bits per heavy atom. The quantitative estimate of drug-likeness (QED) is 0.222. The predicted molar refractivity (Wildman–Crippen MR) is 136 cm³/mol. The molecule has 1 aliphatic heterocycles. The topological polar surface area (TPSA) is 64.4 Å². The van der Waals surface area contributed by atoms with Gasteiger partial charge < -0.3 is 9.64 Å². The van der Waals surface area contributed by atoms with E-state index in [1.807, 2.05) is 77.4 Å². The number of amides is 1. The van der Waals surface area contributed by atoms with Crippen LogP contribution < -0.4 is 0 Å². The van der Waals surface area contributed by atoms with Crippen LogP contribution in [0.15, 0.2) is 6.07 Å². The number of carbonyl (C=O) groups is 2. The van der Waals surface area contributed by atoms with Crippen molar-refractivity contribution in [2.45, 2.75) is 80.4 Å². The van der Waals surface area contributed by atoms with Crippen LogP contribution >= 0.6 is 28.4 Å². The highest BCUT2D eigenvalue weighted by molar-refractivity contribution is 14.2. The lowest BCUT2D eigenvalue weighted by molar-refractivity contribution is -0.153. The molecule has 6 nitrogen and oxygen atoms in total. The molecule has 0 spiro atoms. The number of fused-ring (bicyclic) bond motifs is 1. The van der Waals surface area contributed by atoms with Crippen molar-refractivity contribution in [3.63, 3.8) is 0 Å². The van der Waals surface area contributed by atoms with E-state index < -0.39 is 29.8 Å². The minimum Gasteiger partial charge on any atom is -0.467 e. The first-order valence-corrected chi connectivity index (χ1v) is 15.4. The maximum Gasteiger partial charge on any atom is 0.435 e. The number of ether oxygens (including phenoxy) is 1. The number of halogens is 4. The Balaban J connectivity index is 0.00000158. The summed E-state index contributed by atoms with van der Waals surface area (Å²) in [5, 5.41) is 3.58. The molecule has 0 radical (unpaired) electrons. The van der Waals surface area contributed by atoms with Crippen LogP contribution in [0.25, 0.3) is 0 Å². The van der Waals surface area contributed by atoms with E-state index in [0.717, 1.165) is 6.07 Å². The summed E-state index contributed by atoms with van der Waals surface area (Å²) in [5.41, 5.74) is -0.868. The van der Waals surface area contributed by atoms with Crippen molar-refractivity contribution >= 4 is 40.3 Å². The third-order valence-corrected chi connectivity index (χ3v) is 7.74. The molecule has 1 saturated carbocycles. The number of alkyl halides is 3. The van der Waals surface area contributed by atoms with Crippen LogP contribution in [-0.2, 0) is 20.5 Å². The van der Waals surface area contributed by atoms with Gasteiger partial charge in [-0.1, -0.05) is 55.4 Å². The number of nitrogens with zero attached hydrogens (tertiary/aromatic N) is 3. The fourth-order valence-electron chi connectivity index (χ4n) is 4.19. The van der Waals surface area contributed by atoms with Crippen molar-refractivity contribution in [1.82, 2.24) is 14.5 Å².